The van der Waals surface area contributed by atoms with Crippen LogP contribution in [0.4, 0.5) is 0 Å². The number of nitrogens with zero attached hydrogens (tertiary/aromatic N) is 2. The van der Waals surface area contributed by atoms with E-state index in [2.05, 4.69) is 29.1 Å². The Bertz CT molecular complexity index is 347. The van der Waals surface area contributed by atoms with Gasteiger partial charge in [0.2, 0.25) is 5.91 Å². The lowest BCUT2D eigenvalue weighted by atomic mass is 10.2. The first-order valence-corrected chi connectivity index (χ1v) is 7.95. The molecule has 1 atom stereocenters. The fourth-order valence-electron chi connectivity index (χ4n) is 3.73. The van der Waals surface area contributed by atoms with E-state index in [4.69, 9.17) is 0 Å². The Balaban J connectivity index is 1.54. The third-order valence-corrected chi connectivity index (χ3v) is 5.27. The molecule has 0 aromatic carbocycles. The molecule has 0 radical (unpaired) electrons. The van der Waals surface area contributed by atoms with Gasteiger partial charge in [-0.05, 0) is 39.2 Å². The summed E-state index contributed by atoms with van der Waals surface area (Å²) in [4.78, 5) is 17.0. The van der Waals surface area contributed by atoms with Gasteiger partial charge in [0.25, 0.3) is 0 Å². The summed E-state index contributed by atoms with van der Waals surface area (Å²) in [6.45, 7) is 4.07. The number of hydrogen-bond donors (Lipinski definition) is 1. The number of carbonyl (C=O) groups excluding carboxylic acids is 1. The molecule has 1 aliphatic heterocycles. The smallest absolute Gasteiger partial charge is 0.244 e. The summed E-state index contributed by atoms with van der Waals surface area (Å²) in [5.74, 6) is 0.360. The fraction of sp³-hybridized carbons (Fsp3) is 0.933. The van der Waals surface area contributed by atoms with Crippen LogP contribution in [0, 0.1) is 0 Å². The molecule has 0 aromatic rings. The Morgan fingerprint density at radius 3 is 2.63 bits per heavy atom. The van der Waals surface area contributed by atoms with E-state index in [1.807, 2.05) is 0 Å². The van der Waals surface area contributed by atoms with Gasteiger partial charge in [0, 0.05) is 19.1 Å². The van der Waals surface area contributed by atoms with Crippen LogP contribution in [0.5, 0.6) is 0 Å². The molecular weight excluding hydrogens is 238 g/mol. The highest BCUT2D eigenvalue weighted by Crippen LogP contribution is 2.42. The van der Waals surface area contributed by atoms with Crippen LogP contribution < -0.4 is 5.32 Å². The van der Waals surface area contributed by atoms with E-state index in [1.54, 1.807) is 0 Å². The molecule has 1 N–H and O–H groups in total. The van der Waals surface area contributed by atoms with Crippen molar-refractivity contribution in [1.82, 2.24) is 15.1 Å². The van der Waals surface area contributed by atoms with Crippen LogP contribution >= 0.6 is 0 Å². The van der Waals surface area contributed by atoms with Gasteiger partial charge in [-0.3, -0.25) is 10.1 Å². The van der Waals surface area contributed by atoms with Crippen LogP contribution in [0.1, 0.15) is 51.9 Å². The molecule has 0 bridgehead atoms. The lowest BCUT2D eigenvalue weighted by Crippen LogP contribution is -2.43. The van der Waals surface area contributed by atoms with E-state index < -0.39 is 0 Å². The van der Waals surface area contributed by atoms with Gasteiger partial charge in [-0.1, -0.05) is 19.8 Å². The van der Waals surface area contributed by atoms with Gasteiger partial charge in [-0.15, -0.1) is 0 Å². The standard InChI is InChI=1S/C15H27N3O/c1-3-13-16-15(8-9-15)14(19)18(13)11-10-17(2)12-6-4-5-7-12/h12-13,16H,3-11H2,1-2H3. The molecule has 2 aliphatic carbocycles. The van der Waals surface area contributed by atoms with Crippen molar-refractivity contribution in [2.45, 2.75) is 69.6 Å². The van der Waals surface area contributed by atoms with Gasteiger partial charge in [-0.2, -0.15) is 0 Å². The average Bonchev–Trinajstić information content (AvgIpc) is 2.88. The van der Waals surface area contributed by atoms with Crippen molar-refractivity contribution in [3.63, 3.8) is 0 Å². The van der Waals surface area contributed by atoms with Crippen LogP contribution in [-0.4, -0.2) is 53.6 Å². The second kappa shape index (κ2) is 5.06. The Kier molecular flexibility index (Phi) is 3.56. The Labute approximate surface area is 116 Å². The normalized spacial score (nSPS) is 29.9. The maximum atomic E-state index is 12.4. The lowest BCUT2D eigenvalue weighted by molar-refractivity contribution is -0.131. The first kappa shape index (κ1) is 13.4. The van der Waals surface area contributed by atoms with Crippen LogP contribution in [0.3, 0.4) is 0 Å². The highest BCUT2D eigenvalue weighted by Gasteiger charge is 2.58. The van der Waals surface area contributed by atoms with Crippen LogP contribution in [0.25, 0.3) is 0 Å². The summed E-state index contributed by atoms with van der Waals surface area (Å²) in [6, 6.07) is 0.751. The molecule has 4 nitrogen and oxygen atoms in total. The summed E-state index contributed by atoms with van der Waals surface area (Å²) >= 11 is 0. The summed E-state index contributed by atoms with van der Waals surface area (Å²) in [5, 5.41) is 3.54. The van der Waals surface area contributed by atoms with Gasteiger partial charge in [-0.25, -0.2) is 0 Å². The number of carbonyl (C=O) groups is 1. The molecule has 19 heavy (non-hydrogen) atoms. The third kappa shape index (κ3) is 2.40. The average molecular weight is 265 g/mol. The minimum absolute atomic E-state index is 0.146. The number of rotatable bonds is 5. The fourth-order valence-corrected chi connectivity index (χ4v) is 3.73. The summed E-state index contributed by atoms with van der Waals surface area (Å²) in [7, 11) is 2.22. The van der Waals surface area contributed by atoms with Crippen molar-refractivity contribution in [3.8, 4) is 0 Å². The highest BCUT2D eigenvalue weighted by molar-refractivity contribution is 5.91. The molecule has 1 amide bonds. The molecule has 0 aromatic heterocycles. The third-order valence-electron chi connectivity index (χ3n) is 5.27. The largest absolute Gasteiger partial charge is 0.324 e. The van der Waals surface area contributed by atoms with Crippen LogP contribution in [-0.2, 0) is 4.79 Å². The lowest BCUT2D eigenvalue weighted by Gasteiger charge is -2.29. The minimum Gasteiger partial charge on any atom is -0.324 e. The first-order chi connectivity index (χ1) is 9.16. The monoisotopic (exact) mass is 265 g/mol. The molecule has 3 rings (SSSR count). The molecule has 1 unspecified atom stereocenters. The molecule has 1 heterocycles. The molecule has 1 spiro atoms. The van der Waals surface area contributed by atoms with E-state index in [-0.39, 0.29) is 11.7 Å². The Hall–Kier alpha value is -0.610. The molecule has 4 heteroatoms. The molecule has 3 aliphatic rings. The van der Waals surface area contributed by atoms with Gasteiger partial charge in [0.05, 0.1) is 11.7 Å². The summed E-state index contributed by atoms with van der Waals surface area (Å²) in [5.41, 5.74) is -0.146. The van der Waals surface area contributed by atoms with Crippen molar-refractivity contribution in [1.29, 1.82) is 0 Å². The molecule has 2 saturated carbocycles. The number of hydrogen-bond acceptors (Lipinski definition) is 3. The van der Waals surface area contributed by atoms with Gasteiger partial charge >= 0.3 is 0 Å². The first-order valence-electron chi connectivity index (χ1n) is 7.95. The van der Waals surface area contributed by atoms with Crippen molar-refractivity contribution in [2.75, 3.05) is 20.1 Å². The maximum Gasteiger partial charge on any atom is 0.244 e. The van der Waals surface area contributed by atoms with Crippen LogP contribution in [0.15, 0.2) is 0 Å². The van der Waals surface area contributed by atoms with Crippen molar-refractivity contribution >= 4 is 5.91 Å². The Morgan fingerprint density at radius 1 is 1.37 bits per heavy atom. The highest BCUT2D eigenvalue weighted by atomic mass is 16.2. The van der Waals surface area contributed by atoms with Gasteiger partial charge in [0.1, 0.15) is 0 Å². The SMILES string of the molecule is CCC1NC2(CC2)C(=O)N1CCN(C)C1CCCC1. The van der Waals surface area contributed by atoms with Gasteiger partial charge in [0.15, 0.2) is 0 Å². The molecular formula is C15H27N3O. The quantitative estimate of drug-likeness (QED) is 0.819. The molecule has 3 fully saturated rings. The van der Waals surface area contributed by atoms with Gasteiger partial charge < -0.3 is 9.80 Å². The van der Waals surface area contributed by atoms with E-state index in [0.717, 1.165) is 38.4 Å². The van der Waals surface area contributed by atoms with E-state index in [1.165, 1.54) is 25.7 Å². The second-order valence-electron chi connectivity index (χ2n) is 6.57. The Morgan fingerprint density at radius 2 is 2.05 bits per heavy atom. The number of amides is 1. The summed E-state index contributed by atoms with van der Waals surface area (Å²) in [6.07, 6.45) is 8.79. The number of likely N-dealkylation sites (N-methyl/N-ethyl adjacent to an activating group) is 1. The van der Waals surface area contributed by atoms with E-state index >= 15 is 0 Å². The minimum atomic E-state index is -0.146. The zero-order chi connectivity index (χ0) is 13.5. The second-order valence-corrected chi connectivity index (χ2v) is 6.57. The topological polar surface area (TPSA) is 35.6 Å². The van der Waals surface area contributed by atoms with Crippen LogP contribution in [0.2, 0.25) is 0 Å². The number of nitrogens with one attached hydrogen (secondary N) is 1. The maximum absolute atomic E-state index is 12.4. The molecule has 108 valence electrons. The zero-order valence-corrected chi connectivity index (χ0v) is 12.3. The zero-order valence-electron chi connectivity index (χ0n) is 12.3. The van der Waals surface area contributed by atoms with E-state index in [0.29, 0.717) is 5.91 Å². The van der Waals surface area contributed by atoms with Crippen molar-refractivity contribution in [2.24, 2.45) is 0 Å². The van der Waals surface area contributed by atoms with Crippen molar-refractivity contribution < 1.29 is 4.79 Å². The van der Waals surface area contributed by atoms with Crippen molar-refractivity contribution in [3.05, 3.63) is 0 Å². The predicted molar refractivity (Wildman–Crippen MR) is 75.8 cm³/mol. The predicted octanol–water partition coefficient (Wildman–Crippen LogP) is 1.56. The molecule has 1 saturated heterocycles. The summed E-state index contributed by atoms with van der Waals surface area (Å²) < 4.78 is 0. The van der Waals surface area contributed by atoms with E-state index in [9.17, 15) is 4.79 Å².